The van der Waals surface area contributed by atoms with Gasteiger partial charge in [0.25, 0.3) is 0 Å². The quantitative estimate of drug-likeness (QED) is 0.732. The Morgan fingerprint density at radius 2 is 1.83 bits per heavy atom. The molecule has 1 N–H and O–H groups in total. The number of hydrogen-bond acceptors (Lipinski definition) is 2. The van der Waals surface area contributed by atoms with E-state index in [0.717, 1.165) is 22.2 Å². The second kappa shape index (κ2) is 6.41. The van der Waals surface area contributed by atoms with Crippen molar-refractivity contribution in [2.24, 2.45) is 7.05 Å². The third-order valence-electron chi connectivity index (χ3n) is 4.00. The second-order valence-electron chi connectivity index (χ2n) is 5.64. The summed E-state index contributed by atoms with van der Waals surface area (Å²) in [6.07, 6.45) is 0. The van der Waals surface area contributed by atoms with Gasteiger partial charge in [-0.1, -0.05) is 29.3 Å². The summed E-state index contributed by atoms with van der Waals surface area (Å²) >= 11 is 11.8. The molecule has 0 aliphatic heterocycles. The molecular formula is C17H16Cl2N2O2S. The molecule has 126 valence electrons. The first-order valence-corrected chi connectivity index (χ1v) is 9.51. The number of rotatable bonds is 4. The van der Waals surface area contributed by atoms with Crippen LogP contribution in [0.5, 0.6) is 0 Å². The summed E-state index contributed by atoms with van der Waals surface area (Å²) < 4.78 is 29.5. The fourth-order valence-electron chi connectivity index (χ4n) is 2.60. The van der Waals surface area contributed by atoms with Crippen LogP contribution in [0.2, 0.25) is 10.0 Å². The van der Waals surface area contributed by atoms with Crippen LogP contribution in [0.4, 0.5) is 0 Å². The van der Waals surface area contributed by atoms with Gasteiger partial charge in [-0.05, 0) is 48.9 Å². The maximum atomic E-state index is 12.4. The van der Waals surface area contributed by atoms with Gasteiger partial charge in [0.1, 0.15) is 4.90 Å². The summed E-state index contributed by atoms with van der Waals surface area (Å²) in [5.41, 5.74) is 3.14. The highest BCUT2D eigenvalue weighted by atomic mass is 35.5. The summed E-state index contributed by atoms with van der Waals surface area (Å²) in [6, 6.07) is 12.3. The molecule has 3 rings (SSSR count). The largest absolute Gasteiger partial charge is 0.348 e. The molecule has 0 atom stereocenters. The molecule has 3 aromatic rings. The van der Waals surface area contributed by atoms with E-state index < -0.39 is 10.0 Å². The van der Waals surface area contributed by atoms with Gasteiger partial charge in [-0.2, -0.15) is 0 Å². The van der Waals surface area contributed by atoms with Gasteiger partial charge in [0.2, 0.25) is 10.0 Å². The van der Waals surface area contributed by atoms with Crippen molar-refractivity contribution in [2.45, 2.75) is 18.4 Å². The van der Waals surface area contributed by atoms with Crippen LogP contribution in [0.3, 0.4) is 0 Å². The van der Waals surface area contributed by atoms with E-state index in [2.05, 4.69) is 15.4 Å². The lowest BCUT2D eigenvalue weighted by Crippen LogP contribution is -2.23. The predicted octanol–water partition coefficient (Wildman–Crippen LogP) is 4.27. The predicted molar refractivity (Wildman–Crippen MR) is 98.1 cm³/mol. The van der Waals surface area contributed by atoms with Crippen molar-refractivity contribution in [3.05, 3.63) is 63.8 Å². The zero-order valence-corrected chi connectivity index (χ0v) is 15.5. The first-order valence-electron chi connectivity index (χ1n) is 7.27. The van der Waals surface area contributed by atoms with Crippen molar-refractivity contribution in [1.29, 1.82) is 0 Å². The molecule has 0 saturated heterocycles. The van der Waals surface area contributed by atoms with Crippen LogP contribution in [-0.4, -0.2) is 13.0 Å². The number of benzene rings is 2. The first-order chi connectivity index (χ1) is 11.3. The highest BCUT2D eigenvalue weighted by Crippen LogP contribution is 2.25. The second-order valence-corrected chi connectivity index (χ2v) is 8.22. The Morgan fingerprint density at radius 3 is 2.54 bits per heavy atom. The Morgan fingerprint density at radius 1 is 1.08 bits per heavy atom. The maximum absolute atomic E-state index is 12.4. The molecule has 0 saturated carbocycles. The van der Waals surface area contributed by atoms with Crippen molar-refractivity contribution >= 4 is 44.1 Å². The summed E-state index contributed by atoms with van der Waals surface area (Å²) in [5, 5.41) is 1.57. The zero-order chi connectivity index (χ0) is 17.5. The highest BCUT2D eigenvalue weighted by Gasteiger charge is 2.18. The molecule has 0 fully saturated rings. The van der Waals surface area contributed by atoms with E-state index >= 15 is 0 Å². The monoisotopic (exact) mass is 382 g/mol. The lowest BCUT2D eigenvalue weighted by atomic mass is 10.1. The fraction of sp³-hybridized carbons (Fsp3) is 0.176. The number of sulfonamides is 1. The first kappa shape index (κ1) is 17.3. The third kappa shape index (κ3) is 3.30. The number of hydrogen-bond donors (Lipinski definition) is 1. The molecule has 0 aliphatic rings. The van der Waals surface area contributed by atoms with Gasteiger partial charge in [0, 0.05) is 35.2 Å². The normalized spacial score (nSPS) is 12.0. The lowest BCUT2D eigenvalue weighted by Gasteiger charge is -2.09. The smallest absolute Gasteiger partial charge is 0.242 e. The van der Waals surface area contributed by atoms with Crippen LogP contribution in [-0.2, 0) is 23.6 Å². The van der Waals surface area contributed by atoms with Gasteiger partial charge < -0.3 is 4.57 Å². The van der Waals surface area contributed by atoms with Crippen molar-refractivity contribution in [3.8, 4) is 0 Å². The number of aromatic nitrogens is 1. The topological polar surface area (TPSA) is 51.1 Å². The fourth-order valence-corrected chi connectivity index (χ4v) is 4.38. The number of nitrogens with one attached hydrogen (secondary N) is 1. The number of halogens is 2. The van der Waals surface area contributed by atoms with Crippen LogP contribution in [0, 0.1) is 6.92 Å². The van der Waals surface area contributed by atoms with Gasteiger partial charge in [-0.15, -0.1) is 0 Å². The Balaban J connectivity index is 1.84. The van der Waals surface area contributed by atoms with Crippen LogP contribution in [0.25, 0.3) is 10.9 Å². The van der Waals surface area contributed by atoms with Gasteiger partial charge >= 0.3 is 0 Å². The maximum Gasteiger partial charge on any atom is 0.242 e. The SMILES string of the molecule is Cc1cc2cc(CNS(=O)(=O)c3ccc(Cl)cc3Cl)ccc2n1C. The third-order valence-corrected chi connectivity index (χ3v) is 6.12. The van der Waals surface area contributed by atoms with Crippen LogP contribution < -0.4 is 4.72 Å². The van der Waals surface area contributed by atoms with E-state index in [0.29, 0.717) is 5.02 Å². The average Bonchev–Trinajstić information content (AvgIpc) is 2.79. The minimum Gasteiger partial charge on any atom is -0.348 e. The Hall–Kier alpha value is -1.53. The van der Waals surface area contributed by atoms with Crippen LogP contribution >= 0.6 is 23.2 Å². The molecule has 0 spiro atoms. The van der Waals surface area contributed by atoms with E-state index in [-0.39, 0.29) is 16.5 Å². The zero-order valence-electron chi connectivity index (χ0n) is 13.2. The summed E-state index contributed by atoms with van der Waals surface area (Å²) in [7, 11) is -1.71. The molecule has 24 heavy (non-hydrogen) atoms. The van der Waals surface area contributed by atoms with Crippen LogP contribution in [0.1, 0.15) is 11.3 Å². The molecule has 0 aliphatic carbocycles. The van der Waals surface area contributed by atoms with Crippen molar-refractivity contribution in [3.63, 3.8) is 0 Å². The van der Waals surface area contributed by atoms with Crippen molar-refractivity contribution in [2.75, 3.05) is 0 Å². The van der Waals surface area contributed by atoms with E-state index in [4.69, 9.17) is 23.2 Å². The van der Waals surface area contributed by atoms with Gasteiger partial charge in [0.05, 0.1) is 5.02 Å². The molecule has 1 aromatic heterocycles. The Bertz CT molecular complexity index is 1030. The van der Waals surface area contributed by atoms with E-state index in [1.165, 1.54) is 18.2 Å². The number of nitrogens with zero attached hydrogens (tertiary/aromatic N) is 1. The van der Waals surface area contributed by atoms with Gasteiger partial charge in [-0.3, -0.25) is 0 Å². The molecule has 0 bridgehead atoms. The molecule has 0 amide bonds. The summed E-state index contributed by atoms with van der Waals surface area (Å²) in [5.74, 6) is 0. The number of fused-ring (bicyclic) bond motifs is 1. The van der Waals surface area contributed by atoms with Crippen molar-refractivity contribution in [1.82, 2.24) is 9.29 Å². The Kier molecular flexibility index (Phi) is 4.62. The van der Waals surface area contributed by atoms with Gasteiger partial charge in [0.15, 0.2) is 0 Å². The van der Waals surface area contributed by atoms with E-state index in [9.17, 15) is 8.42 Å². The Labute approximate surface area is 151 Å². The minimum absolute atomic E-state index is 0.0187. The standard InChI is InChI=1S/C17H16Cl2N2O2S/c1-11-7-13-8-12(3-5-16(13)21(11)2)10-20-24(22,23)17-6-4-14(18)9-15(17)19/h3-9,20H,10H2,1-2H3. The number of aryl methyl sites for hydroxylation is 2. The molecule has 2 aromatic carbocycles. The minimum atomic E-state index is -3.71. The lowest BCUT2D eigenvalue weighted by molar-refractivity contribution is 0.581. The molecule has 4 nitrogen and oxygen atoms in total. The van der Waals surface area contributed by atoms with E-state index in [1.54, 1.807) is 0 Å². The molecular weight excluding hydrogens is 367 g/mol. The van der Waals surface area contributed by atoms with Crippen LogP contribution in [0.15, 0.2) is 47.4 Å². The summed E-state index contributed by atoms with van der Waals surface area (Å²) in [6.45, 7) is 2.22. The average molecular weight is 383 g/mol. The summed E-state index contributed by atoms with van der Waals surface area (Å²) in [4.78, 5) is 0.0187. The van der Waals surface area contributed by atoms with E-state index in [1.807, 2.05) is 32.2 Å². The molecule has 7 heteroatoms. The van der Waals surface area contributed by atoms with Crippen molar-refractivity contribution < 1.29 is 8.42 Å². The molecule has 0 radical (unpaired) electrons. The highest BCUT2D eigenvalue weighted by molar-refractivity contribution is 7.89. The molecule has 0 unspecified atom stereocenters. The van der Waals surface area contributed by atoms with Gasteiger partial charge in [-0.25, -0.2) is 13.1 Å². The molecule has 1 heterocycles.